The predicted molar refractivity (Wildman–Crippen MR) is 79.8 cm³/mol. The highest BCUT2D eigenvalue weighted by molar-refractivity contribution is 9.11. The molecule has 1 N–H and O–H groups in total. The lowest BCUT2D eigenvalue weighted by Gasteiger charge is -2.15. The van der Waals surface area contributed by atoms with E-state index in [1.807, 2.05) is 18.2 Å². The molecular weight excluding hydrogens is 362 g/mol. The number of ether oxygens (including phenoxy) is 1. The number of halogens is 2. The van der Waals surface area contributed by atoms with E-state index >= 15 is 0 Å². The second-order valence-electron chi connectivity index (χ2n) is 3.94. The second kappa shape index (κ2) is 7.79. The third-order valence-electron chi connectivity index (χ3n) is 2.60. The minimum absolute atomic E-state index is 0.0384. The van der Waals surface area contributed by atoms with E-state index in [4.69, 9.17) is 4.74 Å². The second-order valence-corrected chi connectivity index (χ2v) is 5.71. The van der Waals surface area contributed by atoms with Gasteiger partial charge in [0.15, 0.2) is 6.61 Å². The number of hydrogen-bond acceptors (Lipinski definition) is 2. The van der Waals surface area contributed by atoms with Gasteiger partial charge in [0.1, 0.15) is 5.75 Å². The highest BCUT2D eigenvalue weighted by Crippen LogP contribution is 2.28. The molecule has 0 radical (unpaired) electrons. The Hall–Kier alpha value is -0.550. The minimum Gasteiger partial charge on any atom is -0.483 e. The molecule has 18 heavy (non-hydrogen) atoms. The van der Waals surface area contributed by atoms with Crippen LogP contribution in [-0.4, -0.2) is 18.6 Å². The van der Waals surface area contributed by atoms with Crippen LogP contribution in [0.1, 0.15) is 26.7 Å². The maximum Gasteiger partial charge on any atom is 0.258 e. The largest absolute Gasteiger partial charge is 0.483 e. The van der Waals surface area contributed by atoms with Gasteiger partial charge in [0.2, 0.25) is 0 Å². The number of carbonyl (C=O) groups is 1. The zero-order chi connectivity index (χ0) is 13.5. The van der Waals surface area contributed by atoms with Crippen molar-refractivity contribution in [3.63, 3.8) is 0 Å². The summed E-state index contributed by atoms with van der Waals surface area (Å²) in [7, 11) is 0. The quantitative estimate of drug-likeness (QED) is 0.815. The number of nitrogens with one attached hydrogen (secondary N) is 1. The van der Waals surface area contributed by atoms with Crippen LogP contribution in [0, 0.1) is 0 Å². The molecule has 3 nitrogen and oxygen atoms in total. The molecule has 0 heterocycles. The highest BCUT2D eigenvalue weighted by Gasteiger charge is 2.09. The van der Waals surface area contributed by atoms with E-state index in [9.17, 15) is 4.79 Å². The molecule has 0 aliphatic rings. The number of carbonyl (C=O) groups excluding carboxylic acids is 1. The van der Waals surface area contributed by atoms with Crippen LogP contribution in [0.5, 0.6) is 5.75 Å². The standard InChI is InChI=1S/C13H17Br2NO2/c1-3-10(4-2)16-13(17)8-18-12-6-5-9(14)7-11(12)15/h5-7,10H,3-4,8H2,1-2H3,(H,16,17). The topological polar surface area (TPSA) is 38.3 Å². The summed E-state index contributed by atoms with van der Waals surface area (Å²) in [4.78, 5) is 11.7. The minimum atomic E-state index is -0.0847. The summed E-state index contributed by atoms with van der Waals surface area (Å²) in [5.74, 6) is 0.580. The van der Waals surface area contributed by atoms with Gasteiger partial charge >= 0.3 is 0 Å². The van der Waals surface area contributed by atoms with Crippen LogP contribution in [0.25, 0.3) is 0 Å². The molecule has 1 aromatic rings. The van der Waals surface area contributed by atoms with Gasteiger partial charge in [-0.2, -0.15) is 0 Å². The van der Waals surface area contributed by atoms with E-state index < -0.39 is 0 Å². The SMILES string of the molecule is CCC(CC)NC(=O)COc1ccc(Br)cc1Br. The average Bonchev–Trinajstić information content (AvgIpc) is 2.35. The first-order valence-corrected chi connectivity index (χ1v) is 7.52. The Morgan fingerprint density at radius 1 is 1.33 bits per heavy atom. The summed E-state index contributed by atoms with van der Waals surface area (Å²) in [6, 6.07) is 5.81. The third kappa shape index (κ3) is 4.98. The van der Waals surface area contributed by atoms with Crippen LogP contribution >= 0.6 is 31.9 Å². The summed E-state index contributed by atoms with van der Waals surface area (Å²) in [6.45, 7) is 4.15. The highest BCUT2D eigenvalue weighted by atomic mass is 79.9. The van der Waals surface area contributed by atoms with Gasteiger partial charge in [0, 0.05) is 10.5 Å². The molecule has 1 rings (SSSR count). The Balaban J connectivity index is 2.47. The Labute approximate surface area is 125 Å². The van der Waals surface area contributed by atoms with Crippen molar-refractivity contribution >= 4 is 37.8 Å². The van der Waals surface area contributed by atoms with Gasteiger partial charge in [-0.3, -0.25) is 4.79 Å². The fourth-order valence-electron chi connectivity index (χ4n) is 1.50. The van der Waals surface area contributed by atoms with Crippen molar-refractivity contribution in [3.05, 3.63) is 27.1 Å². The van der Waals surface area contributed by atoms with E-state index in [2.05, 4.69) is 51.0 Å². The zero-order valence-corrected chi connectivity index (χ0v) is 13.7. The summed E-state index contributed by atoms with van der Waals surface area (Å²) in [5, 5.41) is 2.93. The summed E-state index contributed by atoms with van der Waals surface area (Å²) >= 11 is 6.75. The van der Waals surface area contributed by atoms with Crippen molar-refractivity contribution in [2.75, 3.05) is 6.61 Å². The molecular formula is C13H17Br2NO2. The fourth-order valence-corrected chi connectivity index (χ4v) is 2.66. The van der Waals surface area contributed by atoms with E-state index in [1.54, 1.807) is 0 Å². The Kier molecular flexibility index (Phi) is 6.71. The number of amides is 1. The van der Waals surface area contributed by atoms with Crippen LogP contribution in [-0.2, 0) is 4.79 Å². The molecule has 0 aliphatic heterocycles. The number of hydrogen-bond donors (Lipinski definition) is 1. The monoisotopic (exact) mass is 377 g/mol. The molecule has 100 valence electrons. The van der Waals surface area contributed by atoms with Crippen molar-refractivity contribution in [3.8, 4) is 5.75 Å². The maximum atomic E-state index is 11.7. The molecule has 0 fully saturated rings. The number of benzene rings is 1. The Bertz CT molecular complexity index is 406. The molecule has 0 aromatic heterocycles. The van der Waals surface area contributed by atoms with E-state index in [1.165, 1.54) is 0 Å². The smallest absolute Gasteiger partial charge is 0.258 e. The van der Waals surface area contributed by atoms with Gasteiger partial charge < -0.3 is 10.1 Å². The molecule has 1 aromatic carbocycles. The molecule has 1 amide bonds. The van der Waals surface area contributed by atoms with Gasteiger partial charge in [-0.05, 0) is 47.0 Å². The zero-order valence-electron chi connectivity index (χ0n) is 10.5. The molecule has 0 saturated heterocycles. The molecule has 0 unspecified atom stereocenters. The van der Waals surface area contributed by atoms with Crippen molar-refractivity contribution < 1.29 is 9.53 Å². The van der Waals surface area contributed by atoms with Crippen LogP contribution in [0.2, 0.25) is 0 Å². The fraction of sp³-hybridized carbons (Fsp3) is 0.462. The lowest BCUT2D eigenvalue weighted by molar-refractivity contribution is -0.123. The van der Waals surface area contributed by atoms with Crippen LogP contribution in [0.15, 0.2) is 27.1 Å². The molecule has 0 spiro atoms. The van der Waals surface area contributed by atoms with Crippen molar-refractivity contribution in [2.24, 2.45) is 0 Å². The Morgan fingerprint density at radius 2 is 2.00 bits per heavy atom. The lowest BCUT2D eigenvalue weighted by Crippen LogP contribution is -2.37. The van der Waals surface area contributed by atoms with Gasteiger partial charge in [-0.15, -0.1) is 0 Å². The van der Waals surface area contributed by atoms with Crippen LogP contribution < -0.4 is 10.1 Å². The first-order valence-electron chi connectivity index (χ1n) is 5.94. The molecule has 0 aliphatic carbocycles. The normalized spacial score (nSPS) is 10.5. The first-order chi connectivity index (χ1) is 8.56. The van der Waals surface area contributed by atoms with Crippen LogP contribution in [0.3, 0.4) is 0 Å². The van der Waals surface area contributed by atoms with Gasteiger partial charge in [-0.25, -0.2) is 0 Å². The van der Waals surface area contributed by atoms with Crippen molar-refractivity contribution in [2.45, 2.75) is 32.7 Å². The van der Waals surface area contributed by atoms with Crippen molar-refractivity contribution in [1.82, 2.24) is 5.32 Å². The molecule has 0 saturated carbocycles. The van der Waals surface area contributed by atoms with E-state index in [0.29, 0.717) is 5.75 Å². The van der Waals surface area contributed by atoms with E-state index in [0.717, 1.165) is 21.8 Å². The predicted octanol–water partition coefficient (Wildman–Crippen LogP) is 3.90. The van der Waals surface area contributed by atoms with Gasteiger partial charge in [0.25, 0.3) is 5.91 Å². The van der Waals surface area contributed by atoms with Crippen LogP contribution in [0.4, 0.5) is 0 Å². The lowest BCUT2D eigenvalue weighted by atomic mass is 10.2. The third-order valence-corrected chi connectivity index (χ3v) is 3.72. The first kappa shape index (κ1) is 15.5. The maximum absolute atomic E-state index is 11.7. The summed E-state index contributed by atoms with van der Waals surface area (Å²) in [6.07, 6.45) is 1.87. The van der Waals surface area contributed by atoms with E-state index in [-0.39, 0.29) is 18.6 Å². The molecule has 0 bridgehead atoms. The summed E-state index contributed by atoms with van der Waals surface area (Å²) in [5.41, 5.74) is 0. The van der Waals surface area contributed by atoms with Gasteiger partial charge in [0.05, 0.1) is 4.47 Å². The van der Waals surface area contributed by atoms with Crippen molar-refractivity contribution in [1.29, 1.82) is 0 Å². The molecule has 5 heteroatoms. The number of rotatable bonds is 6. The summed E-state index contributed by atoms with van der Waals surface area (Å²) < 4.78 is 7.25. The molecule has 0 atom stereocenters. The Morgan fingerprint density at radius 3 is 2.56 bits per heavy atom. The van der Waals surface area contributed by atoms with Gasteiger partial charge in [-0.1, -0.05) is 29.8 Å². The average molecular weight is 379 g/mol.